The van der Waals surface area contributed by atoms with Crippen LogP contribution in [0.4, 0.5) is 5.82 Å². The van der Waals surface area contributed by atoms with Crippen LogP contribution in [0.25, 0.3) is 11.0 Å². The second-order valence-corrected chi connectivity index (χ2v) is 5.56. The first-order valence-electron chi connectivity index (χ1n) is 6.39. The van der Waals surface area contributed by atoms with E-state index < -0.39 is 0 Å². The first kappa shape index (κ1) is 12.6. The summed E-state index contributed by atoms with van der Waals surface area (Å²) in [6.45, 7) is 6.29. The van der Waals surface area contributed by atoms with E-state index in [2.05, 4.69) is 50.9 Å². The summed E-state index contributed by atoms with van der Waals surface area (Å²) in [6.07, 6.45) is 1.76. The number of halogens is 1. The molecule has 2 aromatic heterocycles. The van der Waals surface area contributed by atoms with Gasteiger partial charge in [-0.25, -0.2) is 0 Å². The number of fused-ring (bicyclic) bond motifs is 1. The van der Waals surface area contributed by atoms with Crippen molar-refractivity contribution in [1.29, 1.82) is 0 Å². The number of H-pyrrole nitrogens is 1. The zero-order valence-electron chi connectivity index (χ0n) is 11.3. The number of hydrogen-bond acceptors (Lipinski definition) is 5. The van der Waals surface area contributed by atoms with Crippen LogP contribution in [0.3, 0.4) is 0 Å². The Morgan fingerprint density at radius 1 is 1.26 bits per heavy atom. The van der Waals surface area contributed by atoms with Crippen molar-refractivity contribution in [3.8, 4) is 0 Å². The summed E-state index contributed by atoms with van der Waals surface area (Å²) < 4.78 is 0. The fraction of sp³-hybridized carbons (Fsp3) is 0.583. The van der Waals surface area contributed by atoms with Crippen LogP contribution in [0.2, 0.25) is 5.28 Å². The fourth-order valence-electron chi connectivity index (χ4n) is 2.61. The molecule has 1 fully saturated rings. The molecule has 0 bridgehead atoms. The van der Waals surface area contributed by atoms with E-state index in [1.807, 2.05) is 0 Å². The molecule has 0 aromatic carbocycles. The van der Waals surface area contributed by atoms with Crippen LogP contribution < -0.4 is 4.90 Å². The normalized spacial score (nSPS) is 25.2. The lowest BCUT2D eigenvalue weighted by Gasteiger charge is -2.43. The van der Waals surface area contributed by atoms with Gasteiger partial charge < -0.3 is 4.90 Å². The van der Waals surface area contributed by atoms with E-state index in [-0.39, 0.29) is 5.28 Å². The number of anilines is 1. The molecular weight excluding hydrogens is 264 g/mol. The molecule has 2 unspecified atom stereocenters. The maximum atomic E-state index is 5.99. The van der Waals surface area contributed by atoms with Crippen molar-refractivity contribution in [2.45, 2.75) is 25.9 Å². The van der Waals surface area contributed by atoms with Crippen molar-refractivity contribution in [3.05, 3.63) is 11.5 Å². The molecule has 0 amide bonds. The van der Waals surface area contributed by atoms with Gasteiger partial charge in [-0.05, 0) is 32.5 Å². The summed E-state index contributed by atoms with van der Waals surface area (Å²) in [7, 11) is 2.16. The van der Waals surface area contributed by atoms with E-state index in [0.29, 0.717) is 17.7 Å². The highest BCUT2D eigenvalue weighted by molar-refractivity contribution is 6.28. The number of rotatable bonds is 1. The summed E-state index contributed by atoms with van der Waals surface area (Å²) >= 11 is 5.99. The van der Waals surface area contributed by atoms with Crippen LogP contribution in [0, 0.1) is 0 Å². The van der Waals surface area contributed by atoms with Gasteiger partial charge in [-0.15, -0.1) is 0 Å². The van der Waals surface area contributed by atoms with Gasteiger partial charge in [0.15, 0.2) is 5.65 Å². The van der Waals surface area contributed by atoms with Crippen LogP contribution in [0.1, 0.15) is 13.8 Å². The molecule has 3 heterocycles. The number of nitrogens with one attached hydrogen (secondary N) is 1. The van der Waals surface area contributed by atoms with E-state index in [1.165, 1.54) is 0 Å². The molecule has 102 valence electrons. The van der Waals surface area contributed by atoms with Gasteiger partial charge in [0.25, 0.3) is 0 Å². The summed E-state index contributed by atoms with van der Waals surface area (Å²) in [5.41, 5.74) is 0.689. The highest BCUT2D eigenvalue weighted by Gasteiger charge is 2.28. The third kappa shape index (κ3) is 2.15. The molecule has 2 atom stereocenters. The van der Waals surface area contributed by atoms with E-state index in [9.17, 15) is 0 Å². The minimum atomic E-state index is 0.256. The molecule has 0 radical (unpaired) electrons. The molecule has 0 saturated carbocycles. The number of likely N-dealkylation sites (N-methyl/N-ethyl adjacent to an activating group) is 1. The second kappa shape index (κ2) is 4.61. The number of piperazine rings is 1. The van der Waals surface area contributed by atoms with Crippen molar-refractivity contribution in [2.24, 2.45) is 0 Å². The Kier molecular flexibility index (Phi) is 3.06. The third-order valence-corrected chi connectivity index (χ3v) is 4.09. The highest BCUT2D eigenvalue weighted by Crippen LogP contribution is 2.27. The van der Waals surface area contributed by atoms with Gasteiger partial charge in [-0.1, -0.05) is 0 Å². The van der Waals surface area contributed by atoms with Gasteiger partial charge in [0, 0.05) is 25.2 Å². The van der Waals surface area contributed by atoms with E-state index >= 15 is 0 Å². The SMILES string of the molecule is CC1CN(c2nc(Cl)nc3[nH]ncc23)CC(C)N1C. The van der Waals surface area contributed by atoms with Gasteiger partial charge in [0.2, 0.25) is 5.28 Å². The maximum Gasteiger partial charge on any atom is 0.226 e. The monoisotopic (exact) mass is 280 g/mol. The summed E-state index contributed by atoms with van der Waals surface area (Å²) in [5.74, 6) is 0.871. The number of nitrogens with zero attached hydrogens (tertiary/aromatic N) is 5. The molecule has 1 N–H and O–H groups in total. The van der Waals surface area contributed by atoms with Crippen LogP contribution >= 0.6 is 11.6 Å². The quantitative estimate of drug-likeness (QED) is 0.803. The van der Waals surface area contributed by atoms with E-state index in [0.717, 1.165) is 24.3 Å². The van der Waals surface area contributed by atoms with Crippen LogP contribution in [0.15, 0.2) is 6.20 Å². The molecule has 19 heavy (non-hydrogen) atoms. The first-order chi connectivity index (χ1) is 9.06. The average Bonchev–Trinajstić information content (AvgIpc) is 2.82. The zero-order valence-corrected chi connectivity index (χ0v) is 12.0. The Labute approximate surface area is 116 Å². The lowest BCUT2D eigenvalue weighted by Crippen LogP contribution is -2.55. The molecule has 0 spiro atoms. The smallest absolute Gasteiger partial charge is 0.226 e. The number of aromatic amines is 1. The van der Waals surface area contributed by atoms with Crippen LogP contribution in [0.5, 0.6) is 0 Å². The molecule has 1 saturated heterocycles. The molecule has 7 heteroatoms. The fourth-order valence-corrected chi connectivity index (χ4v) is 2.78. The molecule has 2 aromatic rings. The van der Waals surface area contributed by atoms with E-state index in [1.54, 1.807) is 6.20 Å². The largest absolute Gasteiger partial charge is 0.353 e. The Morgan fingerprint density at radius 2 is 1.95 bits per heavy atom. The van der Waals surface area contributed by atoms with Gasteiger partial charge in [-0.2, -0.15) is 15.1 Å². The van der Waals surface area contributed by atoms with Crippen molar-refractivity contribution >= 4 is 28.5 Å². The molecular formula is C12H17ClN6. The molecule has 1 aliphatic rings. The van der Waals surface area contributed by atoms with Crippen molar-refractivity contribution in [1.82, 2.24) is 25.1 Å². The van der Waals surface area contributed by atoms with Gasteiger partial charge in [-0.3, -0.25) is 10.00 Å². The summed E-state index contributed by atoms with van der Waals surface area (Å²) in [5, 5.41) is 8.06. The standard InChI is InChI=1S/C12H17ClN6/c1-7-5-19(6-8(2)18(7)3)11-9-4-14-17-10(9)15-12(13)16-11/h4,7-8H,5-6H2,1-3H3,(H,14,15,16,17). The third-order valence-electron chi connectivity index (χ3n) is 3.92. The second-order valence-electron chi connectivity index (χ2n) is 5.22. The molecule has 6 nitrogen and oxygen atoms in total. The summed E-state index contributed by atoms with van der Waals surface area (Å²) in [6, 6.07) is 0.943. The minimum Gasteiger partial charge on any atom is -0.353 e. The lowest BCUT2D eigenvalue weighted by molar-refractivity contribution is 0.170. The maximum absolute atomic E-state index is 5.99. The Morgan fingerprint density at radius 3 is 2.63 bits per heavy atom. The van der Waals surface area contributed by atoms with Gasteiger partial charge in [0.05, 0.1) is 11.6 Å². The molecule has 0 aliphatic carbocycles. The van der Waals surface area contributed by atoms with Crippen molar-refractivity contribution in [3.63, 3.8) is 0 Å². The predicted octanol–water partition coefficient (Wildman–Crippen LogP) is 1.54. The zero-order chi connectivity index (χ0) is 13.6. The van der Waals surface area contributed by atoms with Crippen molar-refractivity contribution in [2.75, 3.05) is 25.0 Å². The molecule has 1 aliphatic heterocycles. The van der Waals surface area contributed by atoms with Gasteiger partial charge in [0.1, 0.15) is 5.82 Å². The number of hydrogen-bond donors (Lipinski definition) is 1. The van der Waals surface area contributed by atoms with Crippen molar-refractivity contribution < 1.29 is 0 Å². The topological polar surface area (TPSA) is 60.9 Å². The predicted molar refractivity (Wildman–Crippen MR) is 75.6 cm³/mol. The minimum absolute atomic E-state index is 0.256. The highest BCUT2D eigenvalue weighted by atomic mass is 35.5. The molecule has 3 rings (SSSR count). The number of aromatic nitrogens is 4. The Balaban J connectivity index is 2.02. The lowest BCUT2D eigenvalue weighted by atomic mass is 10.1. The Bertz CT molecular complexity index is 585. The van der Waals surface area contributed by atoms with E-state index in [4.69, 9.17) is 11.6 Å². The van der Waals surface area contributed by atoms with Gasteiger partial charge >= 0.3 is 0 Å². The summed E-state index contributed by atoms with van der Waals surface area (Å²) in [4.78, 5) is 13.2. The first-order valence-corrected chi connectivity index (χ1v) is 6.77. The Hall–Kier alpha value is -1.40. The van der Waals surface area contributed by atoms with Crippen LogP contribution in [-0.2, 0) is 0 Å². The average molecular weight is 281 g/mol. The van der Waals surface area contributed by atoms with Crippen LogP contribution in [-0.4, -0.2) is 57.3 Å².